The van der Waals surface area contributed by atoms with Crippen molar-refractivity contribution in [2.75, 3.05) is 26.3 Å². The van der Waals surface area contributed by atoms with Crippen molar-refractivity contribution in [1.82, 2.24) is 4.90 Å². The Morgan fingerprint density at radius 2 is 2.29 bits per heavy atom. The van der Waals surface area contributed by atoms with E-state index in [-0.39, 0.29) is 6.10 Å². The van der Waals surface area contributed by atoms with E-state index in [1.807, 2.05) is 13.8 Å². The molecule has 1 aliphatic rings. The van der Waals surface area contributed by atoms with Crippen LogP contribution in [0, 0.1) is 0 Å². The summed E-state index contributed by atoms with van der Waals surface area (Å²) in [5.74, 6) is 0. The van der Waals surface area contributed by atoms with Crippen LogP contribution in [0.1, 0.15) is 33.1 Å². The van der Waals surface area contributed by atoms with E-state index in [0.717, 1.165) is 32.7 Å². The van der Waals surface area contributed by atoms with Crippen molar-refractivity contribution in [2.24, 2.45) is 0 Å². The van der Waals surface area contributed by atoms with E-state index in [1.54, 1.807) is 0 Å². The third-order valence-corrected chi connectivity index (χ3v) is 2.95. The molecule has 1 rings (SSSR count). The minimum atomic E-state index is -0.211. The van der Waals surface area contributed by atoms with E-state index in [1.165, 1.54) is 12.8 Å². The van der Waals surface area contributed by atoms with Crippen LogP contribution in [0.25, 0.3) is 0 Å². The molecule has 0 radical (unpaired) electrons. The molecule has 0 aliphatic carbocycles. The molecule has 0 aromatic carbocycles. The maximum absolute atomic E-state index is 9.62. The van der Waals surface area contributed by atoms with Gasteiger partial charge in [0.25, 0.3) is 0 Å². The third kappa shape index (κ3) is 3.56. The van der Waals surface area contributed by atoms with Crippen LogP contribution in [0.5, 0.6) is 0 Å². The zero-order valence-corrected chi connectivity index (χ0v) is 9.41. The Labute approximate surface area is 87.1 Å². The summed E-state index contributed by atoms with van der Waals surface area (Å²) in [6.45, 7) is 7.56. The molecular weight excluding hydrogens is 178 g/mol. The number of piperidine rings is 1. The Morgan fingerprint density at radius 1 is 1.50 bits per heavy atom. The molecule has 2 atom stereocenters. The first-order valence-electron chi connectivity index (χ1n) is 5.75. The van der Waals surface area contributed by atoms with Gasteiger partial charge in [0, 0.05) is 19.2 Å². The smallest absolute Gasteiger partial charge is 0.0667 e. The van der Waals surface area contributed by atoms with Crippen LogP contribution in [-0.2, 0) is 4.74 Å². The second kappa shape index (κ2) is 6.38. The predicted octanol–water partition coefficient (Wildman–Crippen LogP) is 1.26. The van der Waals surface area contributed by atoms with Gasteiger partial charge in [0.2, 0.25) is 0 Å². The monoisotopic (exact) mass is 201 g/mol. The molecule has 0 spiro atoms. The van der Waals surface area contributed by atoms with E-state index in [4.69, 9.17) is 4.74 Å². The molecule has 3 nitrogen and oxygen atoms in total. The molecule has 1 fully saturated rings. The van der Waals surface area contributed by atoms with Crippen LogP contribution in [0.2, 0.25) is 0 Å². The maximum Gasteiger partial charge on any atom is 0.0667 e. The number of hydrogen-bond donors (Lipinski definition) is 1. The second-order valence-corrected chi connectivity index (χ2v) is 4.04. The van der Waals surface area contributed by atoms with Gasteiger partial charge in [0.15, 0.2) is 0 Å². The summed E-state index contributed by atoms with van der Waals surface area (Å²) >= 11 is 0. The van der Waals surface area contributed by atoms with E-state index < -0.39 is 0 Å². The van der Waals surface area contributed by atoms with Crippen molar-refractivity contribution in [2.45, 2.75) is 45.3 Å². The number of hydrogen-bond acceptors (Lipinski definition) is 3. The molecule has 0 saturated carbocycles. The SMILES string of the molecule is CCOCCN1CCCC[C@H]1[C@@H](C)O. The van der Waals surface area contributed by atoms with Crippen LogP contribution in [0.15, 0.2) is 0 Å². The van der Waals surface area contributed by atoms with Crippen LogP contribution >= 0.6 is 0 Å². The zero-order chi connectivity index (χ0) is 10.4. The molecule has 1 saturated heterocycles. The summed E-state index contributed by atoms with van der Waals surface area (Å²) in [6.07, 6.45) is 3.43. The molecular formula is C11H23NO2. The minimum absolute atomic E-state index is 0.211. The first kappa shape index (κ1) is 12.0. The highest BCUT2D eigenvalue weighted by Gasteiger charge is 2.25. The van der Waals surface area contributed by atoms with Crippen molar-refractivity contribution in [3.05, 3.63) is 0 Å². The molecule has 14 heavy (non-hydrogen) atoms. The highest BCUT2D eigenvalue weighted by Crippen LogP contribution is 2.19. The molecule has 0 unspecified atom stereocenters. The predicted molar refractivity (Wildman–Crippen MR) is 57.4 cm³/mol. The van der Waals surface area contributed by atoms with Crippen LogP contribution in [0.3, 0.4) is 0 Å². The lowest BCUT2D eigenvalue weighted by Gasteiger charge is -2.37. The first-order chi connectivity index (χ1) is 6.75. The Hall–Kier alpha value is -0.120. The Balaban J connectivity index is 2.30. The van der Waals surface area contributed by atoms with Gasteiger partial charge < -0.3 is 9.84 Å². The van der Waals surface area contributed by atoms with Crippen molar-refractivity contribution in [3.63, 3.8) is 0 Å². The van der Waals surface area contributed by atoms with Gasteiger partial charge in [-0.15, -0.1) is 0 Å². The Bertz CT molecular complexity index is 150. The van der Waals surface area contributed by atoms with Gasteiger partial charge in [-0.1, -0.05) is 6.42 Å². The zero-order valence-electron chi connectivity index (χ0n) is 9.41. The first-order valence-corrected chi connectivity index (χ1v) is 5.75. The molecule has 3 heteroatoms. The van der Waals surface area contributed by atoms with Crippen molar-refractivity contribution in [1.29, 1.82) is 0 Å². The Kier molecular flexibility index (Phi) is 5.45. The summed E-state index contributed by atoms with van der Waals surface area (Å²) in [7, 11) is 0. The summed E-state index contributed by atoms with van der Waals surface area (Å²) in [5, 5.41) is 9.62. The quantitative estimate of drug-likeness (QED) is 0.680. The second-order valence-electron chi connectivity index (χ2n) is 4.04. The van der Waals surface area contributed by atoms with Gasteiger partial charge in [-0.05, 0) is 33.2 Å². The van der Waals surface area contributed by atoms with Gasteiger partial charge in [-0.3, -0.25) is 4.90 Å². The number of aliphatic hydroxyl groups excluding tert-OH is 1. The summed E-state index contributed by atoms with van der Waals surface area (Å²) in [4.78, 5) is 2.36. The molecule has 1 aliphatic heterocycles. The van der Waals surface area contributed by atoms with Crippen LogP contribution in [-0.4, -0.2) is 48.5 Å². The van der Waals surface area contributed by atoms with E-state index >= 15 is 0 Å². The fourth-order valence-corrected chi connectivity index (χ4v) is 2.17. The number of aliphatic hydroxyl groups is 1. The standard InChI is InChI=1S/C11H23NO2/c1-3-14-9-8-12-7-5-4-6-11(12)10(2)13/h10-11,13H,3-9H2,1-2H3/t10-,11+/m1/s1. The van der Waals surface area contributed by atoms with Crippen LogP contribution in [0.4, 0.5) is 0 Å². The summed E-state index contributed by atoms with van der Waals surface area (Å²) in [5.41, 5.74) is 0. The molecule has 0 aromatic heterocycles. The van der Waals surface area contributed by atoms with Gasteiger partial charge in [0.1, 0.15) is 0 Å². The molecule has 1 heterocycles. The van der Waals surface area contributed by atoms with E-state index in [2.05, 4.69) is 4.90 Å². The molecule has 0 aromatic rings. The van der Waals surface area contributed by atoms with E-state index in [9.17, 15) is 5.11 Å². The Morgan fingerprint density at radius 3 is 2.93 bits per heavy atom. The summed E-state index contributed by atoms with van der Waals surface area (Å²) < 4.78 is 5.34. The fourth-order valence-electron chi connectivity index (χ4n) is 2.17. The number of likely N-dealkylation sites (tertiary alicyclic amines) is 1. The highest BCUT2D eigenvalue weighted by molar-refractivity contribution is 4.80. The average Bonchev–Trinajstić information content (AvgIpc) is 2.19. The molecule has 84 valence electrons. The van der Waals surface area contributed by atoms with Crippen LogP contribution < -0.4 is 0 Å². The largest absolute Gasteiger partial charge is 0.392 e. The normalized spacial score (nSPS) is 26.4. The topological polar surface area (TPSA) is 32.7 Å². The van der Waals surface area contributed by atoms with Gasteiger partial charge in [-0.2, -0.15) is 0 Å². The third-order valence-electron chi connectivity index (χ3n) is 2.95. The van der Waals surface area contributed by atoms with Gasteiger partial charge >= 0.3 is 0 Å². The van der Waals surface area contributed by atoms with Crippen molar-refractivity contribution in [3.8, 4) is 0 Å². The van der Waals surface area contributed by atoms with Gasteiger partial charge in [-0.25, -0.2) is 0 Å². The van der Waals surface area contributed by atoms with Gasteiger partial charge in [0.05, 0.1) is 12.7 Å². The van der Waals surface area contributed by atoms with Crippen molar-refractivity contribution < 1.29 is 9.84 Å². The minimum Gasteiger partial charge on any atom is -0.392 e. The maximum atomic E-state index is 9.62. The highest BCUT2D eigenvalue weighted by atomic mass is 16.5. The number of ether oxygens (including phenoxy) is 1. The fraction of sp³-hybridized carbons (Fsp3) is 1.00. The molecule has 0 bridgehead atoms. The number of rotatable bonds is 5. The van der Waals surface area contributed by atoms with E-state index in [0.29, 0.717) is 6.04 Å². The number of nitrogens with zero attached hydrogens (tertiary/aromatic N) is 1. The molecule has 1 N–H and O–H groups in total. The molecule has 0 amide bonds. The lowest BCUT2D eigenvalue weighted by molar-refractivity contribution is 0.0168. The van der Waals surface area contributed by atoms with Crippen molar-refractivity contribution >= 4 is 0 Å². The summed E-state index contributed by atoms with van der Waals surface area (Å²) in [6, 6.07) is 0.351. The lowest BCUT2D eigenvalue weighted by Crippen LogP contribution is -2.47. The average molecular weight is 201 g/mol. The lowest BCUT2D eigenvalue weighted by atomic mass is 9.98.